The summed E-state index contributed by atoms with van der Waals surface area (Å²) >= 11 is 0. The van der Waals surface area contributed by atoms with E-state index in [-0.39, 0.29) is 35.6 Å². The molecule has 1 rings (SSSR count). The van der Waals surface area contributed by atoms with E-state index in [2.05, 4.69) is 45.3 Å². The number of carbonyl (C=O) groups excluding carboxylic acids is 1. The minimum absolute atomic E-state index is 0.0327. The van der Waals surface area contributed by atoms with Crippen LogP contribution in [0.1, 0.15) is 54.4 Å². The van der Waals surface area contributed by atoms with Crippen LogP contribution in [-0.4, -0.2) is 41.8 Å². The first-order valence-corrected chi connectivity index (χ1v) is 8.16. The number of carbonyl (C=O) groups is 1. The van der Waals surface area contributed by atoms with Crippen molar-refractivity contribution in [1.82, 2.24) is 10.6 Å². The van der Waals surface area contributed by atoms with E-state index < -0.39 is 5.54 Å². The zero-order valence-corrected chi connectivity index (χ0v) is 15.1. The summed E-state index contributed by atoms with van der Waals surface area (Å²) < 4.78 is 5.67. The Morgan fingerprint density at radius 3 is 2.36 bits per heavy atom. The van der Waals surface area contributed by atoms with Crippen molar-refractivity contribution in [3.05, 3.63) is 6.92 Å². The summed E-state index contributed by atoms with van der Waals surface area (Å²) in [6, 6.07) is 0. The highest BCUT2D eigenvalue weighted by Crippen LogP contribution is 2.30. The van der Waals surface area contributed by atoms with Gasteiger partial charge in [0.2, 0.25) is 0 Å². The molecule has 0 aliphatic carbocycles. The Bertz CT molecular complexity index is 375. The fourth-order valence-electron chi connectivity index (χ4n) is 3.25. The molecule has 0 aromatic carbocycles. The largest absolute Gasteiger partial charge is 0.461 e. The molecule has 0 bridgehead atoms. The van der Waals surface area contributed by atoms with E-state index in [9.17, 15) is 4.79 Å². The van der Waals surface area contributed by atoms with Crippen molar-refractivity contribution in [1.29, 1.82) is 0 Å². The smallest absolute Gasteiger partial charge is 0.320 e. The number of esters is 1. The van der Waals surface area contributed by atoms with Crippen molar-refractivity contribution in [3.8, 4) is 0 Å². The second kappa shape index (κ2) is 6.77. The van der Waals surface area contributed by atoms with E-state index in [0.29, 0.717) is 6.54 Å². The van der Waals surface area contributed by atoms with E-state index in [1.54, 1.807) is 0 Å². The lowest BCUT2D eigenvalue weighted by molar-refractivity contribution is -0.152. The van der Waals surface area contributed by atoms with Crippen LogP contribution in [0.3, 0.4) is 0 Å². The standard InChI is InChI=1S/C17H34N3O2/c1-12(10-18)17(6,7)19-11-14(21)22-13-8-15(2,3)20-16(4,5)9-13/h12-13,19-20H,6,8-11,18H2,1-5,7H3/q+1. The summed E-state index contributed by atoms with van der Waals surface area (Å²) in [4.78, 5) is 12.1. The minimum atomic E-state index is -0.430. The molecule has 0 amide bonds. The summed E-state index contributed by atoms with van der Waals surface area (Å²) in [5.41, 5.74) is 5.17. The number of hydrogen-bond acceptors (Lipinski definition) is 5. The molecule has 22 heavy (non-hydrogen) atoms. The topological polar surface area (TPSA) is 76.4 Å². The first kappa shape index (κ1) is 19.3. The third-order valence-electron chi connectivity index (χ3n) is 4.53. The van der Waals surface area contributed by atoms with Crippen LogP contribution in [-0.2, 0) is 9.53 Å². The highest BCUT2D eigenvalue weighted by Gasteiger charge is 2.39. The third kappa shape index (κ3) is 5.78. The summed E-state index contributed by atoms with van der Waals surface area (Å²) in [5.74, 6) is -0.0466. The van der Waals surface area contributed by atoms with Crippen LogP contribution in [0.4, 0.5) is 0 Å². The van der Waals surface area contributed by atoms with Gasteiger partial charge >= 0.3 is 5.97 Å². The van der Waals surface area contributed by atoms with Gasteiger partial charge in [0.15, 0.2) is 5.54 Å². The number of piperidine rings is 1. The molecular weight excluding hydrogens is 278 g/mol. The monoisotopic (exact) mass is 312 g/mol. The molecule has 4 N–H and O–H groups in total. The van der Waals surface area contributed by atoms with Gasteiger partial charge in [-0.2, -0.15) is 0 Å². The third-order valence-corrected chi connectivity index (χ3v) is 4.53. The van der Waals surface area contributed by atoms with Crippen LogP contribution in [0.5, 0.6) is 0 Å². The Morgan fingerprint density at radius 2 is 1.91 bits per heavy atom. The lowest BCUT2D eigenvalue weighted by Gasteiger charge is -2.45. The molecule has 2 unspecified atom stereocenters. The van der Waals surface area contributed by atoms with Crippen molar-refractivity contribution >= 4 is 5.97 Å². The van der Waals surface area contributed by atoms with Crippen LogP contribution < -0.4 is 16.4 Å². The summed E-state index contributed by atoms with van der Waals surface area (Å²) in [5, 5.41) is 6.74. The van der Waals surface area contributed by atoms with Crippen LogP contribution in [0.2, 0.25) is 0 Å². The van der Waals surface area contributed by atoms with Crippen molar-refractivity contribution in [2.24, 2.45) is 11.7 Å². The van der Waals surface area contributed by atoms with E-state index >= 15 is 0 Å². The summed E-state index contributed by atoms with van der Waals surface area (Å²) in [6.07, 6.45) is 1.59. The van der Waals surface area contributed by atoms with Crippen molar-refractivity contribution < 1.29 is 9.53 Å². The van der Waals surface area contributed by atoms with Gasteiger partial charge in [-0.05, 0) is 34.6 Å². The van der Waals surface area contributed by atoms with Gasteiger partial charge < -0.3 is 15.8 Å². The van der Waals surface area contributed by atoms with Crippen molar-refractivity contribution in [3.63, 3.8) is 0 Å². The Morgan fingerprint density at radius 1 is 1.41 bits per heavy atom. The molecular formula is C17H34N3O2+. The molecule has 1 aliphatic rings. The van der Waals surface area contributed by atoms with Crippen LogP contribution in [0.15, 0.2) is 0 Å². The molecule has 0 spiro atoms. The molecule has 0 radical (unpaired) electrons. The van der Waals surface area contributed by atoms with E-state index in [1.807, 2.05) is 13.8 Å². The number of ether oxygens (including phenoxy) is 1. The molecule has 0 saturated carbocycles. The fraction of sp³-hybridized carbons (Fsp3) is 0.882. The van der Waals surface area contributed by atoms with Crippen LogP contribution in [0.25, 0.3) is 0 Å². The quantitative estimate of drug-likeness (QED) is 0.513. The lowest BCUT2D eigenvalue weighted by atomic mass is 9.81. The summed E-state index contributed by atoms with van der Waals surface area (Å²) in [6.45, 7) is 17.3. The van der Waals surface area contributed by atoms with Gasteiger partial charge in [-0.15, -0.1) is 0 Å². The molecule has 128 valence electrons. The zero-order valence-electron chi connectivity index (χ0n) is 15.1. The van der Waals surface area contributed by atoms with Gasteiger partial charge in [0.05, 0.1) is 13.5 Å². The molecule has 5 heteroatoms. The van der Waals surface area contributed by atoms with Gasteiger partial charge in [-0.25, -0.2) is 0 Å². The van der Waals surface area contributed by atoms with Crippen molar-refractivity contribution in [2.45, 2.75) is 77.1 Å². The fourth-order valence-corrected chi connectivity index (χ4v) is 3.25. The van der Waals surface area contributed by atoms with Gasteiger partial charge in [0.25, 0.3) is 0 Å². The van der Waals surface area contributed by atoms with E-state index in [0.717, 1.165) is 12.8 Å². The highest BCUT2D eigenvalue weighted by atomic mass is 16.5. The number of nitrogens with one attached hydrogen (secondary N) is 2. The summed E-state index contributed by atoms with van der Waals surface area (Å²) in [7, 11) is 0. The maximum atomic E-state index is 12.1. The maximum Gasteiger partial charge on any atom is 0.320 e. The second-order valence-electron chi connectivity index (χ2n) is 8.32. The van der Waals surface area contributed by atoms with Crippen LogP contribution in [0, 0.1) is 12.8 Å². The van der Waals surface area contributed by atoms with Gasteiger partial charge in [0, 0.05) is 36.4 Å². The highest BCUT2D eigenvalue weighted by molar-refractivity contribution is 5.72. The lowest BCUT2D eigenvalue weighted by Crippen LogP contribution is -2.60. The molecule has 2 atom stereocenters. The minimum Gasteiger partial charge on any atom is -0.461 e. The van der Waals surface area contributed by atoms with Crippen LogP contribution >= 0.6 is 0 Å². The Kier molecular flexibility index (Phi) is 5.93. The van der Waals surface area contributed by atoms with E-state index in [4.69, 9.17) is 10.5 Å². The first-order valence-electron chi connectivity index (χ1n) is 8.16. The van der Waals surface area contributed by atoms with Crippen molar-refractivity contribution in [2.75, 3.05) is 13.1 Å². The molecule has 1 heterocycles. The molecule has 5 nitrogen and oxygen atoms in total. The number of hydrogen-bond donors (Lipinski definition) is 3. The molecule has 0 aromatic heterocycles. The number of nitrogens with two attached hydrogens (primary N) is 1. The predicted molar refractivity (Wildman–Crippen MR) is 90.4 cm³/mol. The molecule has 1 saturated heterocycles. The average Bonchev–Trinajstić information content (AvgIpc) is 2.31. The van der Waals surface area contributed by atoms with Gasteiger partial charge in [0.1, 0.15) is 6.10 Å². The normalized spacial score (nSPS) is 25.2. The molecule has 1 fully saturated rings. The average molecular weight is 312 g/mol. The van der Waals surface area contributed by atoms with E-state index in [1.165, 1.54) is 0 Å². The molecule has 1 aliphatic heterocycles. The number of rotatable bonds is 6. The maximum absolute atomic E-state index is 12.1. The second-order valence-corrected chi connectivity index (χ2v) is 8.32. The zero-order chi connectivity index (χ0) is 17.2. The first-order chi connectivity index (χ1) is 9.87. The SMILES string of the molecule is [CH2+]C(C)(NCC(=O)OC1CC(C)(C)NC(C)(C)C1)C(C)CN. The molecule has 0 aromatic rings. The Labute approximate surface area is 135 Å². The van der Waals surface area contributed by atoms with Gasteiger partial charge in [-0.3, -0.25) is 10.1 Å². The Hall–Kier alpha value is -0.780. The van der Waals surface area contributed by atoms with Gasteiger partial charge in [-0.1, -0.05) is 6.92 Å². The Balaban J connectivity index is 2.51. The predicted octanol–water partition coefficient (Wildman–Crippen LogP) is 1.62.